The quantitative estimate of drug-likeness (QED) is 0.0201. The molecule has 11 rings (SSSR count). The Hall–Kier alpha value is -8.22. The molecule has 10 N–H and O–H groups in total. The molecule has 1 aromatic carbocycles. The van der Waals surface area contributed by atoms with Crippen molar-refractivity contribution in [3.8, 4) is 0 Å². The maximum Gasteiger partial charge on any atom is 0.414 e. The molecule has 83 heavy (non-hydrogen) atoms. The molecule has 3 fully saturated rings. The zero-order valence-electron chi connectivity index (χ0n) is 47.3. The van der Waals surface area contributed by atoms with Crippen molar-refractivity contribution in [2.24, 2.45) is 49.3 Å². The number of piperidine rings is 1. The number of carbonyl (C=O) groups excluding carboxylic acids is 4. The summed E-state index contributed by atoms with van der Waals surface area (Å²) in [6, 6.07) is 21.3. The number of nitrogen functional groups attached to an aromatic ring is 1. The summed E-state index contributed by atoms with van der Waals surface area (Å²) in [4.78, 5) is 67.9. The third-order valence-corrected chi connectivity index (χ3v) is 14.7. The van der Waals surface area contributed by atoms with Gasteiger partial charge in [0.2, 0.25) is 0 Å². The Morgan fingerprint density at radius 3 is 1.66 bits per heavy atom. The Balaban J connectivity index is 0.000000171. The molecule has 7 atom stereocenters. The van der Waals surface area contributed by atoms with Crippen molar-refractivity contribution in [3.63, 3.8) is 0 Å². The molecule has 5 aromatic rings. The van der Waals surface area contributed by atoms with Gasteiger partial charge in [-0.3, -0.25) is 29.5 Å². The third kappa shape index (κ3) is 15.5. The molecular formula is C55H73FN16O11. The summed E-state index contributed by atoms with van der Waals surface area (Å²) in [5.74, 6) is 0.505. The number of amides is 4. The van der Waals surface area contributed by atoms with E-state index >= 15 is 0 Å². The molecule has 4 amide bonds. The van der Waals surface area contributed by atoms with Crippen molar-refractivity contribution in [2.75, 3.05) is 47.4 Å². The van der Waals surface area contributed by atoms with Crippen LogP contribution in [0.15, 0.2) is 113 Å². The van der Waals surface area contributed by atoms with Crippen LogP contribution in [0.1, 0.15) is 58.8 Å². The van der Waals surface area contributed by atoms with E-state index in [1.165, 1.54) is 16.1 Å². The number of aliphatic carboxylic acids is 2. The van der Waals surface area contributed by atoms with E-state index in [0.29, 0.717) is 42.1 Å². The maximum absolute atomic E-state index is 13.9. The number of nitrogens with two attached hydrogens (primary N) is 1. The number of rotatable bonds is 16. The number of carbonyl (C=O) groups is 6. The van der Waals surface area contributed by atoms with Crippen LogP contribution < -0.4 is 32.6 Å². The number of nitrogens with zero attached hydrogens (tertiary/aromatic N) is 10. The van der Waals surface area contributed by atoms with Crippen LogP contribution in [-0.2, 0) is 68.2 Å². The van der Waals surface area contributed by atoms with Gasteiger partial charge >= 0.3 is 11.9 Å². The lowest BCUT2D eigenvalue weighted by molar-refractivity contribution is -0.159. The van der Waals surface area contributed by atoms with E-state index in [1.54, 1.807) is 63.2 Å². The van der Waals surface area contributed by atoms with E-state index < -0.39 is 24.1 Å². The number of halogens is 1. The molecule has 2 bridgehead atoms. The van der Waals surface area contributed by atoms with E-state index in [1.807, 2.05) is 101 Å². The second-order valence-electron chi connectivity index (χ2n) is 20.2. The molecule has 0 saturated carbocycles. The SMILES string of the molecule is CNC1C(=O)N(CC(O)CN2C3CCC2CC(OCc2ccccc2F)C3)N=C1c1cccn1C.CNC1C(=O)N(CC2CO2)N=C1c1cccn1C.CNC1C(=O)NN=C1c1cccn1C.Cn1cccc1C(=O)NN.O=C(O)C(=O)O. The van der Waals surface area contributed by atoms with Crippen LogP contribution in [0.3, 0.4) is 0 Å². The number of hydrazone groups is 3. The number of ether oxygens (including phenoxy) is 2. The highest BCUT2D eigenvalue weighted by molar-refractivity contribution is 6.27. The van der Waals surface area contributed by atoms with Gasteiger partial charge in [-0.05, 0) is 101 Å². The number of benzene rings is 1. The Morgan fingerprint density at radius 1 is 0.711 bits per heavy atom. The minimum Gasteiger partial charge on any atom is -0.473 e. The highest BCUT2D eigenvalue weighted by atomic mass is 19.1. The molecule has 4 aromatic heterocycles. The molecule has 10 heterocycles. The largest absolute Gasteiger partial charge is 0.473 e. The molecule has 27 nitrogen and oxygen atoms in total. The van der Waals surface area contributed by atoms with Gasteiger partial charge in [-0.1, -0.05) is 18.2 Å². The molecule has 0 radical (unpaired) electrons. The number of likely N-dealkylation sites (N-methyl/N-ethyl adjacent to an activating group) is 3. The Bertz CT molecular complexity index is 3150. The Morgan fingerprint density at radius 2 is 1.20 bits per heavy atom. The Kier molecular flexibility index (Phi) is 21.5. The van der Waals surface area contributed by atoms with Crippen molar-refractivity contribution in [3.05, 3.63) is 132 Å². The van der Waals surface area contributed by atoms with Gasteiger partial charge in [0.25, 0.3) is 23.6 Å². The number of carboxylic acids is 2. The van der Waals surface area contributed by atoms with Gasteiger partial charge in [-0.2, -0.15) is 15.3 Å². The first-order valence-electron chi connectivity index (χ1n) is 26.8. The van der Waals surface area contributed by atoms with Gasteiger partial charge in [0.05, 0.1) is 55.6 Å². The van der Waals surface area contributed by atoms with Crippen molar-refractivity contribution < 1.29 is 58.0 Å². The maximum atomic E-state index is 13.9. The number of hydrazine groups is 1. The summed E-state index contributed by atoms with van der Waals surface area (Å²) in [6.07, 6.45) is 11.0. The number of aromatic nitrogens is 4. The Labute approximate surface area is 478 Å². The second-order valence-corrected chi connectivity index (χ2v) is 20.2. The normalized spacial score (nSPS) is 22.6. The number of carboxylic acid groups (broad SMARTS) is 2. The van der Waals surface area contributed by atoms with Crippen LogP contribution in [0.5, 0.6) is 0 Å². The minimum absolute atomic E-state index is 0.0100. The fourth-order valence-corrected chi connectivity index (χ4v) is 10.3. The number of aliphatic hydroxyl groups is 1. The number of β-amino-alcohol motifs (C(OH)–C–C–N with tert-alkyl or cyclic N) is 1. The topological polar surface area (TPSA) is 338 Å². The minimum atomic E-state index is -1.82. The number of nitrogens with one attached hydrogen (secondary N) is 5. The van der Waals surface area contributed by atoms with Gasteiger partial charge in [0, 0.05) is 77.2 Å². The van der Waals surface area contributed by atoms with Crippen molar-refractivity contribution in [1.82, 2.24) is 60.0 Å². The molecule has 28 heteroatoms. The van der Waals surface area contributed by atoms with Crippen LogP contribution in [0.25, 0.3) is 0 Å². The van der Waals surface area contributed by atoms with Gasteiger partial charge in [-0.25, -0.2) is 35.3 Å². The van der Waals surface area contributed by atoms with Crippen molar-refractivity contribution in [2.45, 2.75) is 80.8 Å². The lowest BCUT2D eigenvalue weighted by atomic mass is 9.99. The van der Waals surface area contributed by atoms with Crippen LogP contribution in [0.4, 0.5) is 4.39 Å². The van der Waals surface area contributed by atoms with Crippen molar-refractivity contribution in [1.29, 1.82) is 0 Å². The van der Waals surface area contributed by atoms with E-state index in [0.717, 1.165) is 60.8 Å². The standard InChI is InChI=1S/C26H34FN5O3.C12H16N4O2.C9H12N4O.C6H9N3O.C2H2O4/c1-28-25-24(23-8-5-11-30(23)2)29-32(26(25)34)15-20(33)14-31-18-9-10-19(31)13-21(12-18)35-16-17-6-3-4-7-22(17)27;1-13-11-10(9-4-3-5-15(9)2)14-16(12(11)17)6-8-7-18-8;1-10-8-7(11-12-9(8)14)6-4-3-5-13(6)2;1-9-4-2-3-5(9)6(10)8-7;3-1(4)2(5)6/h3-8,11,18-21,25,28,33H,9-10,12-16H2,1-2H3;3-5,8,11,13H,6-7H2,1-2H3;3-5,8,10H,1-2H3,(H,12,14);2-4H,7H2,1H3,(H,8,10);(H,3,4)(H,5,6). The molecule has 3 saturated heterocycles. The zero-order chi connectivity index (χ0) is 60.1. The zero-order valence-corrected chi connectivity index (χ0v) is 47.3. The summed E-state index contributed by atoms with van der Waals surface area (Å²) in [5, 5.41) is 50.6. The number of aryl methyl sites for hydroxylation is 4. The van der Waals surface area contributed by atoms with Crippen LogP contribution >= 0.6 is 0 Å². The molecule has 6 aliphatic rings. The van der Waals surface area contributed by atoms with E-state index in [4.69, 9.17) is 35.1 Å². The highest BCUT2D eigenvalue weighted by Crippen LogP contribution is 2.37. The van der Waals surface area contributed by atoms with E-state index in [2.05, 4.69) is 41.6 Å². The number of fused-ring (bicyclic) bond motifs is 2. The first-order chi connectivity index (χ1) is 39.8. The van der Waals surface area contributed by atoms with Gasteiger partial charge in [-0.15, -0.1) is 0 Å². The van der Waals surface area contributed by atoms with Gasteiger partial charge in [0.15, 0.2) is 0 Å². The average molecular weight is 1150 g/mol. The van der Waals surface area contributed by atoms with Crippen molar-refractivity contribution >= 4 is 52.7 Å². The highest BCUT2D eigenvalue weighted by Gasteiger charge is 2.44. The molecule has 0 aliphatic carbocycles. The van der Waals surface area contributed by atoms with Crippen LogP contribution in [0.2, 0.25) is 0 Å². The number of aliphatic hydroxyl groups excluding tert-OH is 1. The summed E-state index contributed by atoms with van der Waals surface area (Å²) < 4.78 is 32.7. The summed E-state index contributed by atoms with van der Waals surface area (Å²) in [5.41, 5.74) is 10.6. The van der Waals surface area contributed by atoms with Gasteiger partial charge in [0.1, 0.15) is 52.9 Å². The lowest BCUT2D eigenvalue weighted by Gasteiger charge is -2.40. The predicted molar refractivity (Wildman–Crippen MR) is 302 cm³/mol. The lowest BCUT2D eigenvalue weighted by Crippen LogP contribution is -2.50. The van der Waals surface area contributed by atoms with E-state index in [-0.39, 0.29) is 66.9 Å². The molecule has 7 unspecified atom stereocenters. The number of epoxide rings is 1. The third-order valence-electron chi connectivity index (χ3n) is 14.7. The van der Waals surface area contributed by atoms with Crippen LogP contribution in [-0.4, -0.2) is 197 Å². The molecular weight excluding hydrogens is 1080 g/mol. The number of hydrogen-bond donors (Lipinski definition) is 9. The molecule has 0 spiro atoms. The molecule has 446 valence electrons. The van der Waals surface area contributed by atoms with Crippen LogP contribution in [0, 0.1) is 5.82 Å². The second kappa shape index (κ2) is 28.7. The predicted octanol–water partition coefficient (Wildman–Crippen LogP) is -0.339. The monoisotopic (exact) mass is 1150 g/mol. The number of hydrogen-bond acceptors (Lipinski definition) is 17. The fourth-order valence-electron chi connectivity index (χ4n) is 10.3. The average Bonchev–Trinajstić information content (AvgIpc) is 3.57. The van der Waals surface area contributed by atoms with Gasteiger partial charge < -0.3 is 59.0 Å². The molecule has 6 aliphatic heterocycles. The first-order valence-corrected chi connectivity index (χ1v) is 26.8. The summed E-state index contributed by atoms with van der Waals surface area (Å²) >= 11 is 0. The first kappa shape index (κ1) is 62.4. The fraction of sp³-hybridized carbons (Fsp3) is 0.436. The summed E-state index contributed by atoms with van der Waals surface area (Å²) in [6.45, 7) is 2.21. The van der Waals surface area contributed by atoms with E-state index in [9.17, 15) is 28.7 Å². The smallest absolute Gasteiger partial charge is 0.414 e. The summed E-state index contributed by atoms with van der Waals surface area (Å²) in [7, 11) is 12.8.